The highest BCUT2D eigenvalue weighted by Gasteiger charge is 2.12. The van der Waals surface area contributed by atoms with Gasteiger partial charge in [0.2, 0.25) is 0 Å². The third kappa shape index (κ3) is 6.34. The van der Waals surface area contributed by atoms with Crippen LogP contribution < -0.4 is 5.32 Å². The van der Waals surface area contributed by atoms with Gasteiger partial charge in [-0.05, 0) is 34.6 Å². The average Bonchev–Trinajstić information content (AvgIpc) is 1.81. The zero-order valence-electron chi connectivity index (χ0n) is 9.01. The first-order valence-electron chi connectivity index (χ1n) is 4.42. The topological polar surface area (TPSA) is 49.3 Å². The molecular formula is C10H19NO2. The molecule has 0 spiro atoms. The zero-order chi connectivity index (χ0) is 10.6. The summed E-state index contributed by atoms with van der Waals surface area (Å²) in [5, 5.41) is 11.9. The van der Waals surface area contributed by atoms with E-state index in [2.05, 4.69) is 5.32 Å². The van der Waals surface area contributed by atoms with E-state index in [1.807, 2.05) is 27.7 Å². The van der Waals surface area contributed by atoms with Gasteiger partial charge in [0.1, 0.15) is 0 Å². The molecule has 0 radical (unpaired) electrons. The summed E-state index contributed by atoms with van der Waals surface area (Å²) < 4.78 is 0. The van der Waals surface area contributed by atoms with Gasteiger partial charge in [0, 0.05) is 17.2 Å². The van der Waals surface area contributed by atoms with Crippen LogP contribution in [0.15, 0.2) is 11.6 Å². The molecule has 1 atom stereocenters. The van der Waals surface area contributed by atoms with E-state index >= 15 is 0 Å². The maximum atomic E-state index is 10.5. The fourth-order valence-corrected chi connectivity index (χ4v) is 1.17. The van der Waals surface area contributed by atoms with Crippen molar-refractivity contribution in [3.8, 4) is 0 Å². The largest absolute Gasteiger partial charge is 0.478 e. The van der Waals surface area contributed by atoms with Crippen LogP contribution in [0.1, 0.15) is 34.6 Å². The molecule has 0 aliphatic heterocycles. The van der Waals surface area contributed by atoms with Crippen LogP contribution in [-0.2, 0) is 4.79 Å². The van der Waals surface area contributed by atoms with E-state index in [0.29, 0.717) is 5.57 Å². The highest BCUT2D eigenvalue weighted by atomic mass is 16.4. The van der Waals surface area contributed by atoms with Gasteiger partial charge >= 0.3 is 5.97 Å². The molecule has 13 heavy (non-hydrogen) atoms. The number of nitrogens with one attached hydrogen (secondary N) is 1. The minimum Gasteiger partial charge on any atom is -0.478 e. The van der Waals surface area contributed by atoms with Crippen molar-refractivity contribution in [1.82, 2.24) is 5.32 Å². The number of hydrogen-bond donors (Lipinski definition) is 2. The average molecular weight is 185 g/mol. The van der Waals surface area contributed by atoms with E-state index in [4.69, 9.17) is 5.11 Å². The first kappa shape index (κ1) is 12.2. The molecule has 0 bridgehead atoms. The van der Waals surface area contributed by atoms with Crippen LogP contribution in [0.3, 0.4) is 0 Å². The fraction of sp³-hybridized carbons (Fsp3) is 0.700. The molecule has 0 aromatic heterocycles. The smallest absolute Gasteiger partial charge is 0.331 e. The maximum Gasteiger partial charge on any atom is 0.331 e. The maximum absolute atomic E-state index is 10.5. The van der Waals surface area contributed by atoms with Crippen molar-refractivity contribution in [2.45, 2.75) is 46.2 Å². The summed E-state index contributed by atoms with van der Waals surface area (Å²) in [6.07, 6.45) is 1.72. The van der Waals surface area contributed by atoms with Crippen LogP contribution in [0.25, 0.3) is 0 Å². The Labute approximate surface area is 79.8 Å². The second kappa shape index (κ2) is 4.42. The zero-order valence-corrected chi connectivity index (χ0v) is 9.01. The second-order valence-corrected chi connectivity index (χ2v) is 4.34. The van der Waals surface area contributed by atoms with E-state index in [-0.39, 0.29) is 11.6 Å². The molecule has 0 saturated carbocycles. The number of carboxylic acids is 1. The molecule has 0 aliphatic rings. The highest BCUT2D eigenvalue weighted by molar-refractivity contribution is 5.85. The first-order valence-corrected chi connectivity index (χ1v) is 4.42. The van der Waals surface area contributed by atoms with Crippen molar-refractivity contribution >= 4 is 5.97 Å². The molecule has 0 rings (SSSR count). The molecule has 0 aromatic rings. The van der Waals surface area contributed by atoms with Gasteiger partial charge in [0.05, 0.1) is 0 Å². The molecular weight excluding hydrogens is 166 g/mol. The van der Waals surface area contributed by atoms with Crippen molar-refractivity contribution in [3.63, 3.8) is 0 Å². The lowest BCUT2D eigenvalue weighted by Gasteiger charge is -2.24. The summed E-state index contributed by atoms with van der Waals surface area (Å²) in [6.45, 7) is 9.69. The van der Waals surface area contributed by atoms with Gasteiger partial charge in [-0.15, -0.1) is 0 Å². The second-order valence-electron chi connectivity index (χ2n) is 4.34. The normalized spacial score (nSPS) is 15.6. The molecule has 0 heterocycles. The molecule has 2 N–H and O–H groups in total. The predicted molar refractivity (Wildman–Crippen MR) is 53.7 cm³/mol. The van der Waals surface area contributed by atoms with E-state index < -0.39 is 5.97 Å². The third-order valence-corrected chi connectivity index (χ3v) is 1.50. The van der Waals surface area contributed by atoms with Crippen molar-refractivity contribution < 1.29 is 9.90 Å². The van der Waals surface area contributed by atoms with Gasteiger partial charge in [-0.3, -0.25) is 0 Å². The molecule has 0 aliphatic carbocycles. The van der Waals surface area contributed by atoms with Gasteiger partial charge in [-0.2, -0.15) is 0 Å². The van der Waals surface area contributed by atoms with Gasteiger partial charge < -0.3 is 10.4 Å². The first-order chi connectivity index (χ1) is 5.72. The molecule has 0 amide bonds. The van der Waals surface area contributed by atoms with Gasteiger partial charge in [0.25, 0.3) is 0 Å². The number of rotatable bonds is 3. The highest BCUT2D eigenvalue weighted by Crippen LogP contribution is 2.03. The lowest BCUT2D eigenvalue weighted by Crippen LogP contribution is -2.41. The van der Waals surface area contributed by atoms with Crippen LogP contribution >= 0.6 is 0 Å². The Morgan fingerprint density at radius 2 is 1.92 bits per heavy atom. The number of hydrogen-bond acceptors (Lipinski definition) is 2. The summed E-state index contributed by atoms with van der Waals surface area (Å²) in [7, 11) is 0. The van der Waals surface area contributed by atoms with Crippen LogP contribution in [0.2, 0.25) is 0 Å². The van der Waals surface area contributed by atoms with Crippen molar-refractivity contribution in [2.75, 3.05) is 0 Å². The quantitative estimate of drug-likeness (QED) is 0.659. The Hall–Kier alpha value is -0.830. The molecule has 0 aromatic carbocycles. The predicted octanol–water partition coefficient (Wildman–Crippen LogP) is 1.79. The molecule has 76 valence electrons. The van der Waals surface area contributed by atoms with E-state index in [9.17, 15) is 4.79 Å². The Balaban J connectivity index is 4.23. The third-order valence-electron chi connectivity index (χ3n) is 1.50. The lowest BCUT2D eigenvalue weighted by molar-refractivity contribution is -0.132. The summed E-state index contributed by atoms with van der Waals surface area (Å²) in [5.41, 5.74) is 0.388. The van der Waals surface area contributed by atoms with Gasteiger partial charge in [0.15, 0.2) is 0 Å². The minimum atomic E-state index is -0.859. The summed E-state index contributed by atoms with van der Waals surface area (Å²) >= 11 is 0. The van der Waals surface area contributed by atoms with E-state index in [1.165, 1.54) is 0 Å². The minimum absolute atomic E-state index is 0.00863. The Morgan fingerprint density at radius 3 is 2.23 bits per heavy atom. The molecule has 3 nitrogen and oxygen atoms in total. The molecule has 1 unspecified atom stereocenters. The number of carboxylic acid groups (broad SMARTS) is 1. The van der Waals surface area contributed by atoms with Crippen molar-refractivity contribution in [1.29, 1.82) is 0 Å². The fourth-order valence-electron chi connectivity index (χ4n) is 1.17. The van der Waals surface area contributed by atoms with Gasteiger partial charge in [-0.1, -0.05) is 6.08 Å². The lowest BCUT2D eigenvalue weighted by atomic mass is 10.1. The van der Waals surface area contributed by atoms with E-state index in [0.717, 1.165) is 0 Å². The van der Waals surface area contributed by atoms with Crippen LogP contribution in [0.4, 0.5) is 0 Å². The van der Waals surface area contributed by atoms with E-state index in [1.54, 1.807) is 13.0 Å². The Bertz CT molecular complexity index is 213. The van der Waals surface area contributed by atoms with Gasteiger partial charge in [-0.25, -0.2) is 4.79 Å². The Morgan fingerprint density at radius 1 is 1.46 bits per heavy atom. The summed E-state index contributed by atoms with van der Waals surface area (Å²) in [5.74, 6) is -0.859. The number of carbonyl (C=O) groups is 1. The molecule has 0 fully saturated rings. The standard InChI is InChI=1S/C10H19NO2/c1-7(9(12)13)6-8(2)11-10(3,4)5/h6,8,11H,1-5H3,(H,12,13). The summed E-state index contributed by atoms with van der Waals surface area (Å²) in [6, 6.07) is 0.0797. The van der Waals surface area contributed by atoms with Crippen LogP contribution in [-0.4, -0.2) is 22.7 Å². The Kier molecular flexibility index (Phi) is 4.14. The van der Waals surface area contributed by atoms with Crippen LogP contribution in [0.5, 0.6) is 0 Å². The van der Waals surface area contributed by atoms with Crippen LogP contribution in [0, 0.1) is 0 Å². The SMILES string of the molecule is CC(=CC(C)NC(C)(C)C)C(=O)O. The number of aliphatic carboxylic acids is 1. The van der Waals surface area contributed by atoms with Crippen molar-refractivity contribution in [2.24, 2.45) is 0 Å². The molecule has 3 heteroatoms. The summed E-state index contributed by atoms with van der Waals surface area (Å²) in [4.78, 5) is 10.5. The molecule has 0 saturated heterocycles. The van der Waals surface area contributed by atoms with Crippen molar-refractivity contribution in [3.05, 3.63) is 11.6 Å². The monoisotopic (exact) mass is 185 g/mol.